The molecular formula is C31H34N6O7. The molecule has 1 aliphatic rings. The Bertz CT molecular complexity index is 1620. The van der Waals surface area contributed by atoms with Gasteiger partial charge in [-0.25, -0.2) is 14.6 Å². The molecule has 4 aromatic rings. The van der Waals surface area contributed by atoms with E-state index in [0.717, 1.165) is 11.1 Å². The lowest BCUT2D eigenvalue weighted by Gasteiger charge is -2.40. The monoisotopic (exact) mass is 602 g/mol. The van der Waals surface area contributed by atoms with Crippen molar-refractivity contribution in [2.75, 3.05) is 57.6 Å². The van der Waals surface area contributed by atoms with Gasteiger partial charge in [-0.05, 0) is 29.3 Å². The molecular weight excluding hydrogens is 568 g/mol. The van der Waals surface area contributed by atoms with Crippen LogP contribution < -0.4 is 30.2 Å². The number of carboxylic acid groups (broad SMARTS) is 1. The molecule has 1 aromatic heterocycles. The van der Waals surface area contributed by atoms with Crippen LogP contribution in [0, 0.1) is 0 Å². The van der Waals surface area contributed by atoms with Gasteiger partial charge in [0.25, 0.3) is 0 Å². The fourth-order valence-electron chi connectivity index (χ4n) is 4.98. The summed E-state index contributed by atoms with van der Waals surface area (Å²) < 4.78 is 22.0. The lowest BCUT2D eigenvalue weighted by Crippen LogP contribution is -2.50. The van der Waals surface area contributed by atoms with Gasteiger partial charge in [-0.2, -0.15) is 4.98 Å². The van der Waals surface area contributed by atoms with Gasteiger partial charge >= 0.3 is 12.2 Å². The number of rotatable bonds is 10. The molecule has 3 aromatic carbocycles. The topological polar surface area (TPSA) is 162 Å². The summed E-state index contributed by atoms with van der Waals surface area (Å²) in [5, 5.41) is 13.0. The Morgan fingerprint density at radius 1 is 1.00 bits per heavy atom. The first-order chi connectivity index (χ1) is 21.4. The number of anilines is 2. The number of amides is 2. The Morgan fingerprint density at radius 3 is 2.52 bits per heavy atom. The van der Waals surface area contributed by atoms with E-state index in [4.69, 9.17) is 29.7 Å². The van der Waals surface area contributed by atoms with Gasteiger partial charge in [-0.15, -0.1) is 0 Å². The van der Waals surface area contributed by atoms with Gasteiger partial charge in [-0.3, -0.25) is 0 Å². The molecule has 230 valence electrons. The van der Waals surface area contributed by atoms with Crippen LogP contribution in [0.3, 0.4) is 0 Å². The summed E-state index contributed by atoms with van der Waals surface area (Å²) in [7, 11) is 3.08. The number of carbonyl (C=O) groups excluding carboxylic acids is 1. The van der Waals surface area contributed by atoms with Gasteiger partial charge in [0.1, 0.15) is 24.8 Å². The van der Waals surface area contributed by atoms with Crippen molar-refractivity contribution in [2.45, 2.75) is 12.6 Å². The summed E-state index contributed by atoms with van der Waals surface area (Å²) in [4.78, 5) is 36.6. The third-order valence-corrected chi connectivity index (χ3v) is 7.22. The second-order valence-electron chi connectivity index (χ2n) is 9.98. The minimum absolute atomic E-state index is 0.176. The molecule has 13 heteroatoms. The van der Waals surface area contributed by atoms with Crippen molar-refractivity contribution >= 4 is 34.9 Å². The zero-order valence-electron chi connectivity index (χ0n) is 24.4. The number of hydrogen-bond acceptors (Lipinski definition) is 10. The minimum atomic E-state index is -1.01. The zero-order valence-corrected chi connectivity index (χ0v) is 24.4. The highest BCUT2D eigenvalue weighted by atomic mass is 16.5. The molecule has 1 fully saturated rings. The summed E-state index contributed by atoms with van der Waals surface area (Å²) in [6.07, 6.45) is -1.55. The number of aromatic nitrogens is 2. The SMILES string of the molecule is COc1cc2nc(N3CCN(C(=O)O)CC3c3cccc(OCCNC(=O)OCc4ccccc4)c3)nc(N)c2cc1OC. The third kappa shape index (κ3) is 6.94. The number of carbonyl (C=O) groups is 2. The smallest absolute Gasteiger partial charge is 0.407 e. The van der Waals surface area contributed by atoms with Crippen LogP contribution in [0.15, 0.2) is 66.7 Å². The van der Waals surface area contributed by atoms with E-state index in [9.17, 15) is 14.7 Å². The van der Waals surface area contributed by atoms with E-state index < -0.39 is 18.2 Å². The van der Waals surface area contributed by atoms with E-state index in [1.807, 2.05) is 53.4 Å². The Kier molecular flexibility index (Phi) is 9.33. The van der Waals surface area contributed by atoms with E-state index in [0.29, 0.717) is 40.6 Å². The number of methoxy groups -OCH3 is 2. The van der Waals surface area contributed by atoms with Crippen LogP contribution in [0.5, 0.6) is 17.2 Å². The van der Waals surface area contributed by atoms with Crippen molar-refractivity contribution in [3.05, 3.63) is 77.9 Å². The molecule has 0 aliphatic carbocycles. The van der Waals surface area contributed by atoms with Crippen LogP contribution >= 0.6 is 0 Å². The summed E-state index contributed by atoms with van der Waals surface area (Å²) in [6, 6.07) is 19.8. The maximum absolute atomic E-state index is 12.0. The fourth-order valence-corrected chi connectivity index (χ4v) is 4.98. The van der Waals surface area contributed by atoms with Gasteiger partial charge < -0.3 is 44.9 Å². The highest BCUT2D eigenvalue weighted by Gasteiger charge is 2.33. The number of benzene rings is 3. The molecule has 0 radical (unpaired) electrons. The Labute approximate surface area is 254 Å². The van der Waals surface area contributed by atoms with E-state index in [1.54, 1.807) is 25.3 Å². The lowest BCUT2D eigenvalue weighted by atomic mass is 10.0. The summed E-state index contributed by atoms with van der Waals surface area (Å²) >= 11 is 0. The molecule has 2 heterocycles. The summed E-state index contributed by atoms with van der Waals surface area (Å²) in [5.74, 6) is 2.19. The summed E-state index contributed by atoms with van der Waals surface area (Å²) in [5.41, 5.74) is 8.63. The Morgan fingerprint density at radius 2 is 1.77 bits per heavy atom. The van der Waals surface area contributed by atoms with Crippen molar-refractivity contribution in [3.8, 4) is 17.2 Å². The number of piperazine rings is 1. The molecule has 5 rings (SSSR count). The first-order valence-corrected chi connectivity index (χ1v) is 14.0. The van der Waals surface area contributed by atoms with Crippen LogP contribution in [0.1, 0.15) is 17.2 Å². The number of alkyl carbamates (subject to hydrolysis) is 1. The molecule has 2 amide bonds. The predicted octanol–water partition coefficient (Wildman–Crippen LogP) is 4.08. The van der Waals surface area contributed by atoms with E-state index in [2.05, 4.69) is 10.3 Å². The maximum Gasteiger partial charge on any atom is 0.407 e. The largest absolute Gasteiger partial charge is 0.493 e. The molecule has 13 nitrogen and oxygen atoms in total. The van der Waals surface area contributed by atoms with Crippen molar-refractivity contribution in [3.63, 3.8) is 0 Å². The standard InChI is InChI=1S/C31H34N6O7/c1-41-26-16-23-24(17-27(26)42-2)34-29(35-28(23)32)37-13-12-36(31(39)40)18-25(37)21-9-6-10-22(15-21)43-14-11-33-30(38)44-19-20-7-4-3-5-8-20/h3-10,15-17,25H,11-14,18-19H2,1-2H3,(H,33,38)(H,39,40)(H2,32,34,35). The van der Waals surface area contributed by atoms with E-state index in [-0.39, 0.29) is 38.7 Å². The number of nitrogens with zero attached hydrogens (tertiary/aromatic N) is 4. The second-order valence-corrected chi connectivity index (χ2v) is 9.98. The quantitative estimate of drug-likeness (QED) is 0.224. The van der Waals surface area contributed by atoms with Crippen molar-refractivity contribution in [1.29, 1.82) is 0 Å². The average molecular weight is 603 g/mol. The van der Waals surface area contributed by atoms with Crippen LogP contribution in [0.4, 0.5) is 21.4 Å². The number of nitrogens with one attached hydrogen (secondary N) is 1. The predicted molar refractivity (Wildman–Crippen MR) is 163 cm³/mol. The molecule has 0 spiro atoms. The van der Waals surface area contributed by atoms with Gasteiger partial charge in [0.15, 0.2) is 11.5 Å². The molecule has 1 atom stereocenters. The van der Waals surface area contributed by atoms with Crippen LogP contribution in [-0.4, -0.2) is 79.2 Å². The van der Waals surface area contributed by atoms with Crippen LogP contribution in [0.25, 0.3) is 10.9 Å². The zero-order chi connectivity index (χ0) is 31.1. The average Bonchev–Trinajstić information content (AvgIpc) is 3.05. The maximum atomic E-state index is 12.0. The number of hydrogen-bond donors (Lipinski definition) is 3. The van der Waals surface area contributed by atoms with Crippen LogP contribution in [0.2, 0.25) is 0 Å². The van der Waals surface area contributed by atoms with Crippen molar-refractivity contribution < 1.29 is 33.6 Å². The fraction of sp³-hybridized carbons (Fsp3) is 0.290. The molecule has 4 N–H and O–H groups in total. The molecule has 1 unspecified atom stereocenters. The Balaban J connectivity index is 1.30. The van der Waals surface area contributed by atoms with Crippen LogP contribution in [-0.2, 0) is 11.3 Å². The highest BCUT2D eigenvalue weighted by molar-refractivity contribution is 5.91. The van der Waals surface area contributed by atoms with Gasteiger partial charge in [0.05, 0.1) is 32.3 Å². The van der Waals surface area contributed by atoms with Crippen molar-refractivity contribution in [2.24, 2.45) is 0 Å². The number of ether oxygens (including phenoxy) is 4. The minimum Gasteiger partial charge on any atom is -0.493 e. The first kappa shape index (κ1) is 30.0. The lowest BCUT2D eigenvalue weighted by molar-refractivity contribution is 0.134. The van der Waals surface area contributed by atoms with E-state index >= 15 is 0 Å². The molecule has 1 saturated heterocycles. The second kappa shape index (κ2) is 13.7. The third-order valence-electron chi connectivity index (χ3n) is 7.22. The molecule has 0 saturated carbocycles. The molecule has 0 bridgehead atoms. The molecule has 1 aliphatic heterocycles. The van der Waals surface area contributed by atoms with Gasteiger partial charge in [0, 0.05) is 31.1 Å². The van der Waals surface area contributed by atoms with Crippen molar-refractivity contribution in [1.82, 2.24) is 20.2 Å². The number of nitrogens with two attached hydrogens (primary N) is 1. The molecule has 44 heavy (non-hydrogen) atoms. The number of fused-ring (bicyclic) bond motifs is 1. The Hall–Kier alpha value is -5.46. The normalized spacial score (nSPS) is 14.6. The van der Waals surface area contributed by atoms with Gasteiger partial charge in [0.2, 0.25) is 5.95 Å². The number of nitrogen functional groups attached to an aromatic ring is 1. The van der Waals surface area contributed by atoms with E-state index in [1.165, 1.54) is 12.0 Å². The van der Waals surface area contributed by atoms with Gasteiger partial charge in [-0.1, -0.05) is 42.5 Å². The highest BCUT2D eigenvalue weighted by Crippen LogP contribution is 2.36. The first-order valence-electron chi connectivity index (χ1n) is 14.0. The summed E-state index contributed by atoms with van der Waals surface area (Å²) in [6.45, 7) is 1.40.